The zero-order chi connectivity index (χ0) is 20.9. The molecule has 29 heavy (non-hydrogen) atoms. The highest BCUT2D eigenvalue weighted by atomic mass is 79.9. The van der Waals surface area contributed by atoms with Gasteiger partial charge in [-0.3, -0.25) is 9.10 Å². The van der Waals surface area contributed by atoms with Crippen LogP contribution >= 0.6 is 15.9 Å². The lowest BCUT2D eigenvalue weighted by molar-refractivity contribution is 0.0955. The number of amides is 1. The summed E-state index contributed by atoms with van der Waals surface area (Å²) in [4.78, 5) is 12.4. The lowest BCUT2D eigenvalue weighted by Gasteiger charge is -2.19. The molecule has 0 aromatic heterocycles. The van der Waals surface area contributed by atoms with Crippen LogP contribution in [0.15, 0.2) is 93.3 Å². The molecule has 8 heteroatoms. The second-order valence-corrected chi connectivity index (χ2v) is 8.97. The predicted octanol–water partition coefficient (Wildman–Crippen LogP) is 4.04. The molecular formula is C21H18BrN3O3S. The summed E-state index contributed by atoms with van der Waals surface area (Å²) in [7, 11) is -2.20. The second kappa shape index (κ2) is 9.02. The number of nitrogens with zero attached hydrogens (tertiary/aromatic N) is 2. The van der Waals surface area contributed by atoms with Crippen LogP contribution in [0.3, 0.4) is 0 Å². The van der Waals surface area contributed by atoms with Crippen LogP contribution in [-0.2, 0) is 10.0 Å². The van der Waals surface area contributed by atoms with Crippen molar-refractivity contribution in [2.45, 2.75) is 4.90 Å². The summed E-state index contributed by atoms with van der Waals surface area (Å²) in [6.07, 6.45) is 1.54. The summed E-state index contributed by atoms with van der Waals surface area (Å²) < 4.78 is 27.4. The molecule has 0 aliphatic heterocycles. The number of nitrogens with one attached hydrogen (secondary N) is 1. The van der Waals surface area contributed by atoms with Gasteiger partial charge in [0.2, 0.25) is 0 Å². The normalized spacial score (nSPS) is 11.4. The van der Waals surface area contributed by atoms with Crippen molar-refractivity contribution in [1.82, 2.24) is 5.43 Å². The van der Waals surface area contributed by atoms with E-state index in [0.29, 0.717) is 11.3 Å². The van der Waals surface area contributed by atoms with Crippen LogP contribution < -0.4 is 9.73 Å². The van der Waals surface area contributed by atoms with Crippen molar-refractivity contribution in [2.75, 3.05) is 11.4 Å². The lowest BCUT2D eigenvalue weighted by atomic mass is 10.2. The van der Waals surface area contributed by atoms with E-state index < -0.39 is 15.9 Å². The first kappa shape index (κ1) is 20.8. The number of carbonyl (C=O) groups is 1. The number of anilines is 1. The van der Waals surface area contributed by atoms with Crippen LogP contribution in [0.25, 0.3) is 0 Å². The summed E-state index contributed by atoms with van der Waals surface area (Å²) in [5.41, 5.74) is 4.10. The Morgan fingerprint density at radius 2 is 1.69 bits per heavy atom. The SMILES string of the molecule is CN(c1ccc(C(=O)N/N=C/c2cccc(Br)c2)cc1)S(=O)(=O)c1ccccc1. The quantitative estimate of drug-likeness (QED) is 0.435. The van der Waals surface area contributed by atoms with Gasteiger partial charge in [0.25, 0.3) is 15.9 Å². The summed E-state index contributed by atoms with van der Waals surface area (Å²) >= 11 is 3.37. The molecule has 0 saturated heterocycles. The average Bonchev–Trinajstić information content (AvgIpc) is 2.74. The third kappa shape index (κ3) is 5.10. The Hall–Kier alpha value is -2.97. The Bertz CT molecular complexity index is 1130. The van der Waals surface area contributed by atoms with Crippen molar-refractivity contribution in [3.05, 3.63) is 94.5 Å². The van der Waals surface area contributed by atoms with Crippen molar-refractivity contribution in [1.29, 1.82) is 0 Å². The molecule has 6 nitrogen and oxygen atoms in total. The van der Waals surface area contributed by atoms with E-state index in [1.54, 1.807) is 42.5 Å². The van der Waals surface area contributed by atoms with Gasteiger partial charge in [0.05, 0.1) is 16.8 Å². The zero-order valence-corrected chi connectivity index (χ0v) is 17.9. The van der Waals surface area contributed by atoms with Crippen LogP contribution in [0, 0.1) is 0 Å². The molecule has 0 bridgehead atoms. The van der Waals surface area contributed by atoms with Gasteiger partial charge < -0.3 is 0 Å². The Kier molecular flexibility index (Phi) is 6.46. The van der Waals surface area contributed by atoms with Gasteiger partial charge in [-0.1, -0.05) is 46.3 Å². The Morgan fingerprint density at radius 3 is 2.34 bits per heavy atom. The summed E-state index contributed by atoms with van der Waals surface area (Å²) in [6, 6.07) is 21.9. The third-order valence-corrected chi connectivity index (χ3v) is 6.42. The molecule has 0 heterocycles. The van der Waals surface area contributed by atoms with E-state index in [1.165, 1.54) is 29.7 Å². The number of sulfonamides is 1. The van der Waals surface area contributed by atoms with Gasteiger partial charge >= 0.3 is 0 Å². The molecule has 0 unspecified atom stereocenters. The average molecular weight is 472 g/mol. The largest absolute Gasteiger partial charge is 0.271 e. The first-order chi connectivity index (χ1) is 13.9. The number of carbonyl (C=O) groups excluding carboxylic acids is 1. The molecule has 0 radical (unpaired) electrons. The van der Waals surface area contributed by atoms with Crippen LogP contribution in [0.5, 0.6) is 0 Å². The minimum absolute atomic E-state index is 0.200. The number of benzene rings is 3. The van der Waals surface area contributed by atoms with Crippen molar-refractivity contribution in [3.8, 4) is 0 Å². The molecule has 148 valence electrons. The predicted molar refractivity (Wildman–Crippen MR) is 118 cm³/mol. The van der Waals surface area contributed by atoms with Gasteiger partial charge in [-0.25, -0.2) is 13.8 Å². The molecule has 1 amide bonds. The zero-order valence-electron chi connectivity index (χ0n) is 15.5. The van der Waals surface area contributed by atoms with Crippen molar-refractivity contribution >= 4 is 43.8 Å². The molecule has 0 fully saturated rings. The molecule has 3 rings (SSSR count). The highest BCUT2D eigenvalue weighted by Crippen LogP contribution is 2.22. The van der Waals surface area contributed by atoms with E-state index in [1.807, 2.05) is 24.3 Å². The van der Waals surface area contributed by atoms with Crippen LogP contribution in [-0.4, -0.2) is 27.6 Å². The number of hydrogen-bond acceptors (Lipinski definition) is 4. The molecule has 0 aliphatic rings. The number of hydrogen-bond donors (Lipinski definition) is 1. The second-order valence-electron chi connectivity index (χ2n) is 6.09. The molecule has 1 N–H and O–H groups in total. The molecule has 3 aromatic rings. The smallest absolute Gasteiger partial charge is 0.269 e. The molecule has 3 aromatic carbocycles. The molecule has 0 spiro atoms. The summed E-state index contributed by atoms with van der Waals surface area (Å²) in [6.45, 7) is 0. The fraction of sp³-hybridized carbons (Fsp3) is 0.0476. The van der Waals surface area contributed by atoms with Crippen molar-refractivity contribution in [2.24, 2.45) is 5.10 Å². The fourth-order valence-electron chi connectivity index (χ4n) is 2.53. The fourth-order valence-corrected chi connectivity index (χ4v) is 4.16. The molecule has 0 atom stereocenters. The Labute approximate surface area is 178 Å². The van der Waals surface area contributed by atoms with Gasteiger partial charge in [0.1, 0.15) is 0 Å². The van der Waals surface area contributed by atoms with E-state index >= 15 is 0 Å². The van der Waals surface area contributed by atoms with E-state index in [9.17, 15) is 13.2 Å². The van der Waals surface area contributed by atoms with E-state index in [2.05, 4.69) is 26.5 Å². The minimum atomic E-state index is -3.67. The van der Waals surface area contributed by atoms with E-state index in [0.717, 1.165) is 10.0 Å². The van der Waals surface area contributed by atoms with E-state index in [-0.39, 0.29) is 4.90 Å². The van der Waals surface area contributed by atoms with Crippen LogP contribution in [0.1, 0.15) is 15.9 Å². The van der Waals surface area contributed by atoms with Gasteiger partial charge in [-0.05, 0) is 54.1 Å². The maximum Gasteiger partial charge on any atom is 0.271 e. The summed E-state index contributed by atoms with van der Waals surface area (Å²) in [5.74, 6) is -0.392. The van der Waals surface area contributed by atoms with Gasteiger partial charge in [-0.2, -0.15) is 5.10 Å². The highest BCUT2D eigenvalue weighted by molar-refractivity contribution is 9.10. The van der Waals surface area contributed by atoms with Crippen LogP contribution in [0.4, 0.5) is 5.69 Å². The first-order valence-electron chi connectivity index (χ1n) is 8.61. The van der Waals surface area contributed by atoms with Crippen molar-refractivity contribution in [3.63, 3.8) is 0 Å². The minimum Gasteiger partial charge on any atom is -0.269 e. The number of hydrazone groups is 1. The monoisotopic (exact) mass is 471 g/mol. The number of halogens is 1. The maximum atomic E-state index is 12.7. The third-order valence-electron chi connectivity index (χ3n) is 4.12. The van der Waals surface area contributed by atoms with Gasteiger partial charge in [0.15, 0.2) is 0 Å². The van der Waals surface area contributed by atoms with Gasteiger partial charge in [0, 0.05) is 17.1 Å². The molecular weight excluding hydrogens is 454 g/mol. The number of rotatable bonds is 6. The lowest BCUT2D eigenvalue weighted by Crippen LogP contribution is -2.26. The first-order valence-corrected chi connectivity index (χ1v) is 10.8. The standard InChI is InChI=1S/C21H18BrN3O3S/c1-25(29(27,28)20-8-3-2-4-9-20)19-12-10-17(11-13-19)21(26)24-23-15-16-6-5-7-18(22)14-16/h2-15H,1H3,(H,24,26)/b23-15+. The molecule has 0 saturated carbocycles. The Balaban J connectivity index is 1.68. The topological polar surface area (TPSA) is 78.8 Å². The van der Waals surface area contributed by atoms with Gasteiger partial charge in [-0.15, -0.1) is 0 Å². The summed E-state index contributed by atoms with van der Waals surface area (Å²) in [5, 5.41) is 3.94. The highest BCUT2D eigenvalue weighted by Gasteiger charge is 2.21. The molecule has 0 aliphatic carbocycles. The Morgan fingerprint density at radius 1 is 1.00 bits per heavy atom. The maximum absolute atomic E-state index is 12.7. The van der Waals surface area contributed by atoms with Crippen molar-refractivity contribution < 1.29 is 13.2 Å². The van der Waals surface area contributed by atoms with Crippen LogP contribution in [0.2, 0.25) is 0 Å². The van der Waals surface area contributed by atoms with E-state index in [4.69, 9.17) is 0 Å².